The average molecular weight is 302 g/mol. The fourth-order valence-electron chi connectivity index (χ4n) is 1.86. The van der Waals surface area contributed by atoms with Gasteiger partial charge in [0.1, 0.15) is 6.26 Å². The molecule has 0 bridgehead atoms. The molecular formula is C16H18N2O4. The van der Waals surface area contributed by atoms with Crippen LogP contribution in [0.5, 0.6) is 0 Å². The Balaban J connectivity index is 1.80. The third-order valence-corrected chi connectivity index (χ3v) is 3.05. The van der Waals surface area contributed by atoms with Crippen molar-refractivity contribution in [3.63, 3.8) is 0 Å². The Morgan fingerprint density at radius 3 is 2.64 bits per heavy atom. The van der Waals surface area contributed by atoms with Gasteiger partial charge in [-0.05, 0) is 30.5 Å². The number of hydrogen-bond donors (Lipinski definition) is 1. The van der Waals surface area contributed by atoms with E-state index >= 15 is 0 Å². The molecule has 2 aromatic rings. The highest BCUT2D eigenvalue weighted by atomic mass is 16.5. The minimum absolute atomic E-state index is 0.279. The second-order valence-corrected chi connectivity index (χ2v) is 4.81. The van der Waals surface area contributed by atoms with Crippen molar-refractivity contribution in [2.75, 3.05) is 11.9 Å². The fraction of sp³-hybridized carbons (Fsp3) is 0.312. The van der Waals surface area contributed by atoms with E-state index in [-0.39, 0.29) is 12.4 Å². The molecule has 2 rings (SSSR count). The number of anilines is 1. The van der Waals surface area contributed by atoms with Gasteiger partial charge in [0.2, 0.25) is 0 Å². The zero-order valence-corrected chi connectivity index (χ0v) is 12.4. The van der Waals surface area contributed by atoms with Crippen LogP contribution in [-0.2, 0) is 16.0 Å². The smallest absolute Gasteiger partial charge is 0.338 e. The second-order valence-electron chi connectivity index (χ2n) is 4.81. The Labute approximate surface area is 128 Å². The highest BCUT2D eigenvalue weighted by Crippen LogP contribution is 2.09. The van der Waals surface area contributed by atoms with Crippen LogP contribution in [0.2, 0.25) is 0 Å². The molecule has 0 aliphatic carbocycles. The van der Waals surface area contributed by atoms with Gasteiger partial charge in [-0.2, -0.15) is 0 Å². The van der Waals surface area contributed by atoms with Gasteiger partial charge in [-0.3, -0.25) is 4.79 Å². The van der Waals surface area contributed by atoms with Gasteiger partial charge in [-0.15, -0.1) is 0 Å². The van der Waals surface area contributed by atoms with Crippen LogP contribution < -0.4 is 5.32 Å². The van der Waals surface area contributed by atoms with Gasteiger partial charge in [0.25, 0.3) is 5.91 Å². The van der Waals surface area contributed by atoms with Crippen molar-refractivity contribution in [2.45, 2.75) is 26.2 Å². The monoisotopic (exact) mass is 302 g/mol. The molecule has 0 aliphatic heterocycles. The van der Waals surface area contributed by atoms with E-state index in [1.54, 1.807) is 12.1 Å². The number of carbonyl (C=O) groups excluding carboxylic acids is 2. The number of aryl methyl sites for hydroxylation is 1. The Kier molecular flexibility index (Phi) is 5.71. The van der Waals surface area contributed by atoms with Gasteiger partial charge < -0.3 is 14.6 Å². The summed E-state index contributed by atoms with van der Waals surface area (Å²) in [4.78, 5) is 23.4. The van der Waals surface area contributed by atoms with Crippen LogP contribution in [0.1, 0.15) is 35.7 Å². The van der Waals surface area contributed by atoms with Crippen molar-refractivity contribution in [1.29, 1.82) is 0 Å². The SMILES string of the molecule is CCCCc1ccc(C(=O)OCC(=O)Nc2ccon2)cc1. The van der Waals surface area contributed by atoms with Crippen LogP contribution in [0, 0.1) is 0 Å². The Bertz CT molecular complexity index is 606. The minimum Gasteiger partial charge on any atom is -0.452 e. The lowest BCUT2D eigenvalue weighted by atomic mass is 10.1. The quantitative estimate of drug-likeness (QED) is 0.795. The second kappa shape index (κ2) is 7.97. The van der Waals surface area contributed by atoms with Crippen LogP contribution in [0.25, 0.3) is 0 Å². The Morgan fingerprint density at radius 2 is 2.00 bits per heavy atom. The van der Waals surface area contributed by atoms with Crippen molar-refractivity contribution in [3.8, 4) is 0 Å². The largest absolute Gasteiger partial charge is 0.452 e. The minimum atomic E-state index is -0.530. The first-order valence-corrected chi connectivity index (χ1v) is 7.15. The summed E-state index contributed by atoms with van der Waals surface area (Å²) in [6.45, 7) is 1.76. The normalized spacial score (nSPS) is 10.2. The van der Waals surface area contributed by atoms with Crippen LogP contribution in [0.4, 0.5) is 5.82 Å². The van der Waals surface area contributed by atoms with Crippen molar-refractivity contribution >= 4 is 17.7 Å². The van der Waals surface area contributed by atoms with E-state index in [2.05, 4.69) is 21.9 Å². The maximum Gasteiger partial charge on any atom is 0.338 e. The number of unbranched alkanes of at least 4 members (excludes halogenated alkanes) is 1. The lowest BCUT2D eigenvalue weighted by Crippen LogP contribution is -2.21. The van der Waals surface area contributed by atoms with Crippen LogP contribution >= 0.6 is 0 Å². The first kappa shape index (κ1) is 15.8. The molecule has 22 heavy (non-hydrogen) atoms. The molecule has 0 fully saturated rings. The molecule has 1 aromatic carbocycles. The summed E-state index contributed by atoms with van der Waals surface area (Å²) < 4.78 is 9.53. The summed E-state index contributed by atoms with van der Waals surface area (Å²) in [6, 6.07) is 8.73. The number of aromatic nitrogens is 1. The lowest BCUT2D eigenvalue weighted by Gasteiger charge is -2.05. The van der Waals surface area contributed by atoms with E-state index in [1.165, 1.54) is 17.9 Å². The number of ether oxygens (including phenoxy) is 1. The molecule has 116 valence electrons. The van der Waals surface area contributed by atoms with Crippen molar-refractivity contribution < 1.29 is 18.8 Å². The summed E-state index contributed by atoms with van der Waals surface area (Å²) in [5.41, 5.74) is 1.61. The molecule has 0 aliphatic rings. The van der Waals surface area contributed by atoms with E-state index < -0.39 is 11.9 Å². The van der Waals surface area contributed by atoms with E-state index in [1.807, 2.05) is 12.1 Å². The highest BCUT2D eigenvalue weighted by Gasteiger charge is 2.11. The maximum absolute atomic E-state index is 11.8. The molecule has 0 atom stereocenters. The molecule has 0 saturated carbocycles. The number of benzene rings is 1. The molecule has 1 heterocycles. The van der Waals surface area contributed by atoms with Crippen LogP contribution in [-0.4, -0.2) is 23.6 Å². The molecule has 0 spiro atoms. The van der Waals surface area contributed by atoms with Gasteiger partial charge in [0.15, 0.2) is 12.4 Å². The molecule has 6 nitrogen and oxygen atoms in total. The Hall–Kier alpha value is -2.63. The van der Waals surface area contributed by atoms with E-state index in [0.717, 1.165) is 19.3 Å². The Morgan fingerprint density at radius 1 is 1.23 bits per heavy atom. The lowest BCUT2D eigenvalue weighted by molar-refractivity contribution is -0.119. The summed E-state index contributed by atoms with van der Waals surface area (Å²) in [6.07, 6.45) is 4.57. The number of amides is 1. The zero-order chi connectivity index (χ0) is 15.8. The van der Waals surface area contributed by atoms with E-state index in [4.69, 9.17) is 4.74 Å². The third-order valence-electron chi connectivity index (χ3n) is 3.05. The van der Waals surface area contributed by atoms with Gasteiger partial charge in [-0.1, -0.05) is 30.6 Å². The van der Waals surface area contributed by atoms with Crippen LogP contribution in [0.15, 0.2) is 41.1 Å². The van der Waals surface area contributed by atoms with Crippen molar-refractivity contribution in [1.82, 2.24) is 5.16 Å². The standard InChI is InChI=1S/C16H18N2O4/c1-2-3-4-12-5-7-13(8-6-12)16(20)21-11-15(19)17-14-9-10-22-18-14/h5-10H,2-4,11H2,1H3,(H,17,18,19). The first-order valence-electron chi connectivity index (χ1n) is 7.15. The van der Waals surface area contributed by atoms with Gasteiger partial charge in [-0.25, -0.2) is 4.79 Å². The molecule has 1 N–H and O–H groups in total. The predicted molar refractivity (Wildman–Crippen MR) is 80.5 cm³/mol. The van der Waals surface area contributed by atoms with Gasteiger partial charge in [0, 0.05) is 6.07 Å². The molecule has 0 saturated heterocycles. The number of carbonyl (C=O) groups is 2. The van der Waals surface area contributed by atoms with E-state index in [9.17, 15) is 9.59 Å². The third kappa shape index (κ3) is 4.73. The summed E-state index contributed by atoms with van der Waals surface area (Å²) in [7, 11) is 0. The number of hydrogen-bond acceptors (Lipinski definition) is 5. The molecule has 0 unspecified atom stereocenters. The molecule has 0 radical (unpaired) electrons. The number of rotatable bonds is 7. The zero-order valence-electron chi connectivity index (χ0n) is 12.4. The highest BCUT2D eigenvalue weighted by molar-refractivity contribution is 5.94. The number of nitrogens with zero attached hydrogens (tertiary/aromatic N) is 1. The fourth-order valence-corrected chi connectivity index (χ4v) is 1.86. The molecule has 1 aromatic heterocycles. The topological polar surface area (TPSA) is 81.4 Å². The molecular weight excluding hydrogens is 284 g/mol. The molecule has 6 heteroatoms. The summed E-state index contributed by atoms with van der Waals surface area (Å²) >= 11 is 0. The van der Waals surface area contributed by atoms with Gasteiger partial charge in [0.05, 0.1) is 5.56 Å². The van der Waals surface area contributed by atoms with Crippen molar-refractivity contribution in [3.05, 3.63) is 47.7 Å². The van der Waals surface area contributed by atoms with Crippen molar-refractivity contribution in [2.24, 2.45) is 0 Å². The maximum atomic E-state index is 11.8. The number of nitrogens with one attached hydrogen (secondary N) is 1. The van der Waals surface area contributed by atoms with Gasteiger partial charge >= 0.3 is 5.97 Å². The van der Waals surface area contributed by atoms with Crippen LogP contribution in [0.3, 0.4) is 0 Å². The summed E-state index contributed by atoms with van der Waals surface area (Å²) in [5.74, 6) is -0.722. The molecule has 1 amide bonds. The number of esters is 1. The summed E-state index contributed by atoms with van der Waals surface area (Å²) in [5, 5.41) is 5.97. The first-order chi connectivity index (χ1) is 10.7. The average Bonchev–Trinajstić information content (AvgIpc) is 3.04. The predicted octanol–water partition coefficient (Wildman–Crippen LogP) is 2.81. The van der Waals surface area contributed by atoms with E-state index in [0.29, 0.717) is 5.56 Å².